The summed E-state index contributed by atoms with van der Waals surface area (Å²) in [5.41, 5.74) is -0.455. The fourth-order valence-electron chi connectivity index (χ4n) is 1.60. The van der Waals surface area contributed by atoms with Crippen molar-refractivity contribution in [2.75, 3.05) is 5.32 Å². The lowest BCUT2D eigenvalue weighted by atomic mass is 10.2. The fraction of sp³-hybridized carbons (Fsp3) is 0. The summed E-state index contributed by atoms with van der Waals surface area (Å²) in [4.78, 5) is 22.2. The molecule has 0 fully saturated rings. The molecular formula is C13H7BrClFN2O3. The van der Waals surface area contributed by atoms with Crippen LogP contribution < -0.4 is 5.32 Å². The van der Waals surface area contributed by atoms with Crippen molar-refractivity contribution in [1.82, 2.24) is 0 Å². The van der Waals surface area contributed by atoms with Gasteiger partial charge in [-0.15, -0.1) is 0 Å². The first-order valence-corrected chi connectivity index (χ1v) is 6.76. The molecule has 0 saturated carbocycles. The summed E-state index contributed by atoms with van der Waals surface area (Å²) in [5, 5.41) is 13.1. The van der Waals surface area contributed by atoms with E-state index in [1.165, 1.54) is 24.3 Å². The lowest BCUT2D eigenvalue weighted by Crippen LogP contribution is -2.14. The highest BCUT2D eigenvalue weighted by atomic mass is 79.9. The number of nitro benzene ring substituents is 1. The number of para-hydroxylation sites is 1. The Morgan fingerprint density at radius 3 is 2.67 bits per heavy atom. The summed E-state index contributed by atoms with van der Waals surface area (Å²) in [7, 11) is 0. The predicted octanol–water partition coefficient (Wildman–Crippen LogP) is 4.40. The van der Waals surface area contributed by atoms with Gasteiger partial charge in [0.2, 0.25) is 0 Å². The number of hydrogen-bond acceptors (Lipinski definition) is 3. The molecule has 2 aromatic carbocycles. The zero-order valence-electron chi connectivity index (χ0n) is 10.3. The van der Waals surface area contributed by atoms with Gasteiger partial charge in [0.05, 0.1) is 21.2 Å². The zero-order chi connectivity index (χ0) is 15.6. The first kappa shape index (κ1) is 15.4. The average molecular weight is 374 g/mol. The molecule has 5 nitrogen and oxygen atoms in total. The first-order chi connectivity index (χ1) is 9.90. The first-order valence-electron chi connectivity index (χ1n) is 5.59. The molecule has 0 saturated heterocycles. The Morgan fingerprint density at radius 2 is 2.05 bits per heavy atom. The quantitative estimate of drug-likeness (QED) is 0.640. The second-order valence-corrected chi connectivity index (χ2v) is 5.23. The molecule has 0 unspecified atom stereocenters. The minimum Gasteiger partial charge on any atom is -0.318 e. The van der Waals surface area contributed by atoms with Crippen molar-refractivity contribution in [3.05, 3.63) is 67.4 Å². The summed E-state index contributed by atoms with van der Waals surface area (Å²) in [6.07, 6.45) is 0. The van der Waals surface area contributed by atoms with Gasteiger partial charge in [-0.25, -0.2) is 4.39 Å². The fourth-order valence-corrected chi connectivity index (χ4v) is 2.24. The second kappa shape index (κ2) is 6.19. The van der Waals surface area contributed by atoms with Crippen LogP contribution in [0.5, 0.6) is 0 Å². The van der Waals surface area contributed by atoms with Gasteiger partial charge in [-0.3, -0.25) is 14.9 Å². The third-order valence-electron chi connectivity index (χ3n) is 2.61. The van der Waals surface area contributed by atoms with Gasteiger partial charge >= 0.3 is 0 Å². The van der Waals surface area contributed by atoms with Crippen molar-refractivity contribution in [2.24, 2.45) is 0 Å². The van der Waals surface area contributed by atoms with Crippen LogP contribution in [-0.2, 0) is 0 Å². The maximum Gasteiger partial charge on any atom is 0.270 e. The number of rotatable bonds is 3. The van der Waals surface area contributed by atoms with Crippen molar-refractivity contribution < 1.29 is 14.1 Å². The standard InChI is InChI=1S/C13H7BrClFN2O3/c14-9-2-1-3-11(16)12(9)17-13(19)8-6-7(18(20)21)4-5-10(8)15/h1-6H,(H,17,19). The van der Waals surface area contributed by atoms with Crippen LogP contribution in [0.15, 0.2) is 40.9 Å². The number of non-ortho nitro benzene ring substituents is 1. The van der Waals surface area contributed by atoms with Crippen molar-refractivity contribution in [3.8, 4) is 0 Å². The maximum absolute atomic E-state index is 13.6. The van der Waals surface area contributed by atoms with E-state index in [1.54, 1.807) is 6.07 Å². The van der Waals surface area contributed by atoms with E-state index in [9.17, 15) is 19.3 Å². The van der Waals surface area contributed by atoms with Gasteiger partial charge in [0.15, 0.2) is 0 Å². The molecule has 108 valence electrons. The van der Waals surface area contributed by atoms with Gasteiger partial charge in [0.1, 0.15) is 5.82 Å². The van der Waals surface area contributed by atoms with E-state index >= 15 is 0 Å². The number of benzene rings is 2. The molecule has 0 atom stereocenters. The molecule has 0 aliphatic carbocycles. The van der Waals surface area contributed by atoms with Crippen LogP contribution in [0, 0.1) is 15.9 Å². The van der Waals surface area contributed by atoms with Gasteiger partial charge in [0, 0.05) is 16.6 Å². The Morgan fingerprint density at radius 1 is 1.33 bits per heavy atom. The van der Waals surface area contributed by atoms with Crippen molar-refractivity contribution >= 4 is 44.8 Å². The number of anilines is 1. The molecule has 1 amide bonds. The number of halogens is 3. The van der Waals surface area contributed by atoms with E-state index in [0.717, 1.165) is 6.07 Å². The number of carbonyl (C=O) groups excluding carboxylic acids is 1. The lowest BCUT2D eigenvalue weighted by Gasteiger charge is -2.09. The van der Waals surface area contributed by atoms with E-state index in [2.05, 4.69) is 21.2 Å². The van der Waals surface area contributed by atoms with E-state index in [4.69, 9.17) is 11.6 Å². The highest BCUT2D eigenvalue weighted by Crippen LogP contribution is 2.28. The number of nitrogens with zero attached hydrogens (tertiary/aromatic N) is 1. The molecule has 0 heterocycles. The summed E-state index contributed by atoms with van der Waals surface area (Å²) >= 11 is 8.96. The zero-order valence-corrected chi connectivity index (χ0v) is 12.6. The van der Waals surface area contributed by atoms with E-state index in [0.29, 0.717) is 4.47 Å². The SMILES string of the molecule is O=C(Nc1c(F)cccc1Br)c1cc([N+](=O)[O-])ccc1Cl. The Bertz CT molecular complexity index is 719. The highest BCUT2D eigenvalue weighted by Gasteiger charge is 2.18. The van der Waals surface area contributed by atoms with Crippen LogP contribution in [0.3, 0.4) is 0 Å². The number of nitrogens with one attached hydrogen (secondary N) is 1. The molecule has 0 bridgehead atoms. The minimum atomic E-state index is -0.741. The van der Waals surface area contributed by atoms with Crippen molar-refractivity contribution in [3.63, 3.8) is 0 Å². The van der Waals surface area contributed by atoms with Gasteiger partial charge in [0.25, 0.3) is 11.6 Å². The van der Waals surface area contributed by atoms with Gasteiger partial charge in [-0.1, -0.05) is 17.7 Å². The number of nitro groups is 1. The van der Waals surface area contributed by atoms with Crippen molar-refractivity contribution in [2.45, 2.75) is 0 Å². The van der Waals surface area contributed by atoms with Crippen LogP contribution in [0.2, 0.25) is 5.02 Å². The minimum absolute atomic E-state index is 0.0329. The lowest BCUT2D eigenvalue weighted by molar-refractivity contribution is -0.384. The van der Waals surface area contributed by atoms with Gasteiger partial charge in [-0.05, 0) is 34.1 Å². The van der Waals surface area contributed by atoms with E-state index in [1.807, 2.05) is 0 Å². The molecule has 0 aliphatic heterocycles. The average Bonchev–Trinajstić information content (AvgIpc) is 2.43. The van der Waals surface area contributed by atoms with Gasteiger partial charge in [-0.2, -0.15) is 0 Å². The molecule has 2 rings (SSSR count). The molecule has 8 heteroatoms. The van der Waals surface area contributed by atoms with Crippen LogP contribution in [0.1, 0.15) is 10.4 Å². The summed E-state index contributed by atoms with van der Waals surface area (Å²) in [6.45, 7) is 0. The topological polar surface area (TPSA) is 72.2 Å². The van der Waals surface area contributed by atoms with Crippen LogP contribution in [0.25, 0.3) is 0 Å². The summed E-state index contributed by atoms with van der Waals surface area (Å²) in [5.74, 6) is -1.38. The summed E-state index contributed by atoms with van der Waals surface area (Å²) in [6, 6.07) is 7.65. The number of hydrogen-bond donors (Lipinski definition) is 1. The van der Waals surface area contributed by atoms with Crippen LogP contribution >= 0.6 is 27.5 Å². The molecule has 2 aromatic rings. The highest BCUT2D eigenvalue weighted by molar-refractivity contribution is 9.10. The number of amides is 1. The number of carbonyl (C=O) groups is 1. The molecule has 0 aliphatic rings. The van der Waals surface area contributed by atoms with Crippen LogP contribution in [0.4, 0.5) is 15.8 Å². The molecule has 0 radical (unpaired) electrons. The van der Waals surface area contributed by atoms with Gasteiger partial charge < -0.3 is 5.32 Å². The smallest absolute Gasteiger partial charge is 0.270 e. The van der Waals surface area contributed by atoms with Crippen LogP contribution in [-0.4, -0.2) is 10.8 Å². The molecular weight excluding hydrogens is 367 g/mol. The summed E-state index contributed by atoms with van der Waals surface area (Å²) < 4.78 is 14.0. The molecule has 0 spiro atoms. The Balaban J connectivity index is 2.37. The Hall–Kier alpha value is -1.99. The molecule has 21 heavy (non-hydrogen) atoms. The third kappa shape index (κ3) is 3.37. The van der Waals surface area contributed by atoms with Crippen molar-refractivity contribution in [1.29, 1.82) is 0 Å². The normalized spacial score (nSPS) is 10.2. The monoisotopic (exact) mass is 372 g/mol. The Kier molecular flexibility index (Phi) is 4.54. The molecule has 0 aromatic heterocycles. The Labute approximate surface area is 132 Å². The third-order valence-corrected chi connectivity index (χ3v) is 3.60. The molecule has 1 N–H and O–H groups in total. The van der Waals surface area contributed by atoms with E-state index < -0.39 is 16.6 Å². The maximum atomic E-state index is 13.6. The van der Waals surface area contributed by atoms with E-state index in [-0.39, 0.29) is 22.0 Å². The second-order valence-electron chi connectivity index (χ2n) is 3.97. The predicted molar refractivity (Wildman–Crippen MR) is 80.2 cm³/mol. The largest absolute Gasteiger partial charge is 0.318 e.